The second-order valence-electron chi connectivity index (χ2n) is 17.5. The zero-order valence-electron chi connectivity index (χ0n) is 35.0. The average Bonchev–Trinajstić information content (AvgIpc) is 3.20. The molecule has 1 aliphatic rings. The first kappa shape index (κ1) is 40.5. The molecule has 0 fully saturated rings. The smallest absolute Gasteiger partial charge is 0.417 e. The number of hydrogen-bond donors (Lipinski definition) is 0. The van der Waals surface area contributed by atoms with Crippen molar-refractivity contribution in [3.63, 3.8) is 0 Å². The summed E-state index contributed by atoms with van der Waals surface area (Å²) in [7, 11) is -1.85. The van der Waals surface area contributed by atoms with Crippen molar-refractivity contribution in [1.29, 1.82) is 0 Å². The van der Waals surface area contributed by atoms with Crippen LogP contribution in [0.25, 0.3) is 44.5 Å². The molecule has 0 aliphatic carbocycles. The highest BCUT2D eigenvalue weighted by Crippen LogP contribution is 2.57. The second kappa shape index (κ2) is 17.8. The first-order valence-corrected chi connectivity index (χ1v) is 22.1. The Labute approximate surface area is 343 Å². The standard InChI is InChI=1S/C53H59O3P/c1-8-9-10-11-12-25-34-54-57-55-50-44(40-30-21-15-22-31-40)35-42(38-26-17-13-18-27-38)48(52(2,3)4)46(50)37-47-49(53(5,6)7)43(39-28-19-14-20-29-39)36-45(51(47)56-57)41-32-23-16-24-33-41/h13-24,26-33,35-36H,8-12,25,34,37H2,1-7H3. The number of rotatable bonds is 12. The normalized spacial score (nSPS) is 13.2. The fourth-order valence-electron chi connectivity index (χ4n) is 8.47. The van der Waals surface area contributed by atoms with Gasteiger partial charge in [-0.2, -0.15) is 0 Å². The Morgan fingerprint density at radius 3 is 1.19 bits per heavy atom. The predicted octanol–water partition coefficient (Wildman–Crippen LogP) is 15.9. The highest BCUT2D eigenvalue weighted by Gasteiger charge is 2.37. The quantitative estimate of drug-likeness (QED) is 0.0915. The van der Waals surface area contributed by atoms with Gasteiger partial charge in [0.25, 0.3) is 0 Å². The van der Waals surface area contributed by atoms with E-state index in [2.05, 4.69) is 182 Å². The van der Waals surface area contributed by atoms with Crippen LogP contribution in [0.2, 0.25) is 0 Å². The minimum Gasteiger partial charge on any atom is -0.417 e. The largest absolute Gasteiger partial charge is 0.463 e. The Bertz CT molecular complexity index is 2080. The van der Waals surface area contributed by atoms with Gasteiger partial charge in [0.05, 0.1) is 6.61 Å². The number of unbranched alkanes of at least 4 members (excludes halogenated alkanes) is 5. The van der Waals surface area contributed by atoms with Gasteiger partial charge < -0.3 is 9.05 Å². The van der Waals surface area contributed by atoms with Crippen molar-refractivity contribution >= 4 is 8.60 Å². The number of fused-ring (bicyclic) bond motifs is 2. The van der Waals surface area contributed by atoms with Crippen LogP contribution in [0, 0.1) is 0 Å². The zero-order chi connectivity index (χ0) is 40.0. The molecule has 7 rings (SSSR count). The van der Waals surface area contributed by atoms with Crippen LogP contribution in [0.4, 0.5) is 0 Å². The lowest BCUT2D eigenvalue weighted by atomic mass is 9.72. The molecule has 0 spiro atoms. The minimum absolute atomic E-state index is 0.225. The lowest BCUT2D eigenvalue weighted by molar-refractivity contribution is 0.256. The van der Waals surface area contributed by atoms with Crippen molar-refractivity contribution in [2.45, 2.75) is 104 Å². The van der Waals surface area contributed by atoms with E-state index in [-0.39, 0.29) is 10.8 Å². The molecular weight excluding hydrogens is 716 g/mol. The van der Waals surface area contributed by atoms with Crippen LogP contribution >= 0.6 is 8.60 Å². The van der Waals surface area contributed by atoms with Crippen LogP contribution in [0.15, 0.2) is 133 Å². The Kier molecular flexibility index (Phi) is 12.7. The monoisotopic (exact) mass is 774 g/mol. The molecule has 6 aromatic carbocycles. The molecule has 0 aromatic heterocycles. The molecule has 0 saturated carbocycles. The van der Waals surface area contributed by atoms with Crippen LogP contribution in [-0.4, -0.2) is 6.61 Å². The van der Waals surface area contributed by atoms with Crippen molar-refractivity contribution in [3.8, 4) is 56.0 Å². The van der Waals surface area contributed by atoms with Crippen LogP contribution < -0.4 is 9.05 Å². The summed E-state index contributed by atoms with van der Waals surface area (Å²) in [5.74, 6) is 1.72. The summed E-state index contributed by atoms with van der Waals surface area (Å²) in [6, 6.07) is 47.8. The van der Waals surface area contributed by atoms with E-state index in [1.54, 1.807) is 0 Å². The third-order valence-corrected chi connectivity index (χ3v) is 12.0. The number of benzene rings is 6. The van der Waals surface area contributed by atoms with Gasteiger partial charge in [-0.05, 0) is 73.9 Å². The molecule has 0 bridgehead atoms. The molecule has 294 valence electrons. The highest BCUT2D eigenvalue weighted by molar-refractivity contribution is 7.42. The molecule has 57 heavy (non-hydrogen) atoms. The van der Waals surface area contributed by atoms with Crippen molar-refractivity contribution in [2.24, 2.45) is 0 Å². The molecule has 3 nitrogen and oxygen atoms in total. The Balaban J connectivity index is 1.56. The summed E-state index contributed by atoms with van der Waals surface area (Å²) < 4.78 is 21.4. The molecule has 1 aliphatic heterocycles. The average molecular weight is 775 g/mol. The summed E-state index contributed by atoms with van der Waals surface area (Å²) in [5.41, 5.74) is 13.7. The molecule has 0 N–H and O–H groups in total. The maximum Gasteiger partial charge on any atom is 0.463 e. The van der Waals surface area contributed by atoms with Crippen molar-refractivity contribution in [3.05, 3.63) is 156 Å². The van der Waals surface area contributed by atoms with Gasteiger partial charge in [-0.15, -0.1) is 0 Å². The maximum atomic E-state index is 7.30. The predicted molar refractivity (Wildman–Crippen MR) is 242 cm³/mol. The minimum atomic E-state index is -1.85. The van der Waals surface area contributed by atoms with Crippen molar-refractivity contribution in [2.75, 3.05) is 6.61 Å². The molecule has 6 aromatic rings. The van der Waals surface area contributed by atoms with E-state index >= 15 is 0 Å². The maximum absolute atomic E-state index is 7.30. The first-order valence-electron chi connectivity index (χ1n) is 21.0. The number of hydrogen-bond acceptors (Lipinski definition) is 3. The lowest BCUT2D eigenvalue weighted by Crippen LogP contribution is -2.22. The van der Waals surface area contributed by atoms with Gasteiger partial charge in [0.15, 0.2) is 0 Å². The van der Waals surface area contributed by atoms with Gasteiger partial charge in [-0.25, -0.2) is 0 Å². The van der Waals surface area contributed by atoms with E-state index in [0.29, 0.717) is 13.0 Å². The molecule has 0 unspecified atom stereocenters. The van der Waals surface area contributed by atoms with E-state index in [1.165, 1.54) is 70.2 Å². The fraction of sp³-hybridized carbons (Fsp3) is 0.321. The Hall–Kier alpha value is -4.69. The second-order valence-corrected chi connectivity index (χ2v) is 18.5. The van der Waals surface area contributed by atoms with Gasteiger partial charge in [-0.3, -0.25) is 4.52 Å². The zero-order valence-corrected chi connectivity index (χ0v) is 35.9. The SMILES string of the molecule is CCCCCCCCOP1Oc2c(-c3ccccc3)cc(-c3ccccc3)c(C(C)(C)C)c2Cc2c(c(-c3ccccc3)cc(-c3ccccc3)c2C(C)(C)C)O1. The van der Waals surface area contributed by atoms with E-state index in [9.17, 15) is 0 Å². The van der Waals surface area contributed by atoms with Gasteiger partial charge in [-0.1, -0.05) is 202 Å². The summed E-state index contributed by atoms with van der Waals surface area (Å²) in [5, 5.41) is 0. The van der Waals surface area contributed by atoms with Gasteiger partial charge in [0, 0.05) is 28.7 Å². The molecular formula is C53H59O3P. The summed E-state index contributed by atoms with van der Waals surface area (Å²) in [6.07, 6.45) is 7.72. The van der Waals surface area contributed by atoms with Gasteiger partial charge in [0.2, 0.25) is 0 Å². The molecule has 0 saturated heterocycles. The topological polar surface area (TPSA) is 27.7 Å². The van der Waals surface area contributed by atoms with Gasteiger partial charge >= 0.3 is 8.60 Å². The molecule has 4 heteroatoms. The van der Waals surface area contributed by atoms with E-state index in [0.717, 1.165) is 46.6 Å². The molecule has 0 amide bonds. The van der Waals surface area contributed by atoms with Crippen molar-refractivity contribution in [1.82, 2.24) is 0 Å². The van der Waals surface area contributed by atoms with Crippen molar-refractivity contribution < 1.29 is 13.6 Å². The highest BCUT2D eigenvalue weighted by atomic mass is 31.2. The Morgan fingerprint density at radius 2 is 0.825 bits per heavy atom. The molecule has 1 heterocycles. The Morgan fingerprint density at radius 1 is 0.474 bits per heavy atom. The van der Waals surface area contributed by atoms with Crippen LogP contribution in [0.3, 0.4) is 0 Å². The van der Waals surface area contributed by atoms with Crippen LogP contribution in [0.1, 0.15) is 109 Å². The molecule has 0 atom stereocenters. The third kappa shape index (κ3) is 9.22. The summed E-state index contributed by atoms with van der Waals surface area (Å²) in [4.78, 5) is 0. The summed E-state index contributed by atoms with van der Waals surface area (Å²) in [6.45, 7) is 16.9. The van der Waals surface area contributed by atoms with Crippen LogP contribution in [-0.2, 0) is 21.8 Å². The van der Waals surface area contributed by atoms with Gasteiger partial charge in [0.1, 0.15) is 11.5 Å². The molecule has 0 radical (unpaired) electrons. The summed E-state index contributed by atoms with van der Waals surface area (Å²) >= 11 is 0. The van der Waals surface area contributed by atoms with Crippen LogP contribution in [0.5, 0.6) is 11.5 Å². The first-order chi connectivity index (χ1) is 27.5. The van der Waals surface area contributed by atoms with E-state index in [4.69, 9.17) is 13.6 Å². The lowest BCUT2D eigenvalue weighted by Gasteiger charge is -2.36. The van der Waals surface area contributed by atoms with E-state index in [1.807, 2.05) is 0 Å². The van der Waals surface area contributed by atoms with E-state index < -0.39 is 8.60 Å². The fourth-order valence-corrected chi connectivity index (χ4v) is 9.61. The third-order valence-electron chi connectivity index (χ3n) is 11.0.